The summed E-state index contributed by atoms with van der Waals surface area (Å²) in [5.74, 6) is 16.1. The fourth-order valence-corrected chi connectivity index (χ4v) is 2.60. The zero-order chi connectivity index (χ0) is 26.4. The fourth-order valence-electron chi connectivity index (χ4n) is 2.60. The van der Waals surface area contributed by atoms with E-state index in [-0.39, 0.29) is 0 Å². The van der Waals surface area contributed by atoms with E-state index in [0.29, 0.717) is 16.8 Å². The van der Waals surface area contributed by atoms with Gasteiger partial charge in [0.25, 0.3) is 5.91 Å². The van der Waals surface area contributed by atoms with Crippen LogP contribution in [0.1, 0.15) is 36.7 Å². The number of hydrogen-bond acceptors (Lipinski definition) is 5. The molecular weight excluding hydrogens is 456 g/mol. The summed E-state index contributed by atoms with van der Waals surface area (Å²) in [7, 11) is 0. The molecule has 2 aromatic rings. The van der Waals surface area contributed by atoms with Gasteiger partial charge in [-0.3, -0.25) is 4.79 Å². The number of esters is 1. The summed E-state index contributed by atoms with van der Waals surface area (Å²) >= 11 is 0. The Morgan fingerprint density at radius 1 is 0.917 bits per heavy atom. The number of ether oxygens (including phenoxy) is 2. The van der Waals surface area contributed by atoms with E-state index < -0.39 is 36.2 Å². The topological polar surface area (TPSA) is 93.7 Å². The van der Waals surface area contributed by atoms with Crippen LogP contribution < -0.4 is 10.6 Å². The number of benzene rings is 2. The second kappa shape index (κ2) is 13.6. The third-order valence-corrected chi connectivity index (χ3v) is 4.10. The maximum absolute atomic E-state index is 13.1. The van der Waals surface area contributed by atoms with Crippen LogP contribution in [-0.2, 0) is 14.3 Å². The van der Waals surface area contributed by atoms with Gasteiger partial charge >= 0.3 is 12.1 Å². The average Bonchev–Trinajstić information content (AvgIpc) is 2.84. The van der Waals surface area contributed by atoms with Crippen molar-refractivity contribution in [2.75, 3.05) is 11.9 Å². The number of amides is 2. The molecule has 7 nitrogen and oxygen atoms in total. The molecule has 2 N–H and O–H groups in total. The van der Waals surface area contributed by atoms with Gasteiger partial charge in [-0.2, -0.15) is 0 Å². The molecule has 0 aromatic heterocycles. The van der Waals surface area contributed by atoms with Crippen molar-refractivity contribution in [3.05, 3.63) is 65.7 Å². The van der Waals surface area contributed by atoms with Gasteiger partial charge in [0.1, 0.15) is 18.2 Å². The Morgan fingerprint density at radius 2 is 1.56 bits per heavy atom. The lowest BCUT2D eigenvalue weighted by Crippen LogP contribution is -2.48. The number of carbonyl (C=O) groups excluding carboxylic acids is 3. The van der Waals surface area contributed by atoms with Crippen molar-refractivity contribution >= 4 is 23.7 Å². The highest BCUT2D eigenvalue weighted by Gasteiger charge is 2.26. The van der Waals surface area contributed by atoms with Crippen molar-refractivity contribution in [2.45, 2.75) is 32.4 Å². The lowest BCUT2D eigenvalue weighted by molar-refractivity contribution is -0.119. The molecule has 0 aliphatic rings. The number of para-hydroxylation sites is 1. The summed E-state index contributed by atoms with van der Waals surface area (Å²) < 4.78 is 10.5. The predicted octanol–water partition coefficient (Wildman–Crippen LogP) is 3.37. The summed E-state index contributed by atoms with van der Waals surface area (Å²) in [5, 5.41) is 5.15. The monoisotopic (exact) mass is 480 g/mol. The second-order valence-electron chi connectivity index (χ2n) is 8.09. The van der Waals surface area contributed by atoms with Crippen LogP contribution in [0.25, 0.3) is 0 Å². The molecule has 0 aliphatic carbocycles. The first-order valence-electron chi connectivity index (χ1n) is 10.8. The largest absolute Gasteiger partial charge is 0.459 e. The molecule has 7 heteroatoms. The Balaban J connectivity index is 2.20. The molecule has 1 atom stereocenters. The quantitative estimate of drug-likeness (QED) is 0.489. The number of hydrogen-bond donors (Lipinski definition) is 2. The van der Waals surface area contributed by atoms with Crippen molar-refractivity contribution < 1.29 is 23.9 Å². The number of alkyl carbamates (subject to hydrolysis) is 1. The van der Waals surface area contributed by atoms with Crippen LogP contribution >= 0.6 is 0 Å². The molecule has 0 saturated carbocycles. The zero-order valence-corrected chi connectivity index (χ0v) is 20.1. The molecule has 2 aromatic carbocycles. The molecule has 0 saturated heterocycles. The van der Waals surface area contributed by atoms with Crippen LogP contribution in [0.4, 0.5) is 10.5 Å². The van der Waals surface area contributed by atoms with Gasteiger partial charge in [-0.15, -0.1) is 6.42 Å². The first kappa shape index (κ1) is 27.1. The minimum absolute atomic E-state index is 0.308. The lowest BCUT2D eigenvalue weighted by atomic mass is 10.1. The molecule has 0 heterocycles. The molecule has 2 rings (SSSR count). The Kier molecular flexibility index (Phi) is 10.2. The Morgan fingerprint density at radius 3 is 2.25 bits per heavy atom. The van der Waals surface area contributed by atoms with Gasteiger partial charge < -0.3 is 20.1 Å². The maximum Gasteiger partial charge on any atom is 0.408 e. The van der Waals surface area contributed by atoms with Crippen LogP contribution in [0.2, 0.25) is 0 Å². The van der Waals surface area contributed by atoms with E-state index in [1.165, 1.54) is 0 Å². The van der Waals surface area contributed by atoms with Gasteiger partial charge in [-0.25, -0.2) is 9.59 Å². The second-order valence-corrected chi connectivity index (χ2v) is 8.09. The fraction of sp³-hybridized carbons (Fsp3) is 0.207. The van der Waals surface area contributed by atoms with Crippen molar-refractivity contribution in [2.24, 2.45) is 0 Å². The van der Waals surface area contributed by atoms with Crippen LogP contribution in [0.5, 0.6) is 0 Å². The highest BCUT2D eigenvalue weighted by atomic mass is 16.6. The summed E-state index contributed by atoms with van der Waals surface area (Å²) in [6.07, 6.45) is 4.19. The SMILES string of the molecule is C#CC#CC#CC#Cc1ccccc1NC(=O)[C@H](COC(=O)c1ccccc1)NC(=O)OC(C)(C)C. The van der Waals surface area contributed by atoms with E-state index >= 15 is 0 Å². The van der Waals surface area contributed by atoms with E-state index in [1.54, 1.807) is 75.4 Å². The molecule has 0 fully saturated rings. The molecule has 180 valence electrons. The smallest absolute Gasteiger partial charge is 0.408 e. The zero-order valence-electron chi connectivity index (χ0n) is 20.1. The minimum atomic E-state index is -1.24. The first-order valence-corrected chi connectivity index (χ1v) is 10.8. The van der Waals surface area contributed by atoms with E-state index in [1.807, 2.05) is 0 Å². The van der Waals surface area contributed by atoms with E-state index in [4.69, 9.17) is 15.9 Å². The third kappa shape index (κ3) is 9.80. The van der Waals surface area contributed by atoms with Crippen molar-refractivity contribution in [1.29, 1.82) is 0 Å². The van der Waals surface area contributed by atoms with Crippen molar-refractivity contribution in [1.82, 2.24) is 5.32 Å². The molecule has 0 spiro atoms. The van der Waals surface area contributed by atoms with Crippen molar-refractivity contribution in [3.8, 4) is 47.9 Å². The van der Waals surface area contributed by atoms with Crippen LogP contribution in [0, 0.1) is 47.9 Å². The summed E-state index contributed by atoms with van der Waals surface area (Å²) in [6.45, 7) is 4.64. The molecular formula is C29H24N2O5. The third-order valence-electron chi connectivity index (χ3n) is 4.10. The Hall–Kier alpha value is -5.11. The lowest BCUT2D eigenvalue weighted by Gasteiger charge is -2.23. The molecule has 0 unspecified atom stereocenters. The summed E-state index contributed by atoms with van der Waals surface area (Å²) in [5.41, 5.74) is 0.362. The molecule has 0 bridgehead atoms. The van der Waals surface area contributed by atoms with Gasteiger partial charge in [-0.05, 0) is 80.6 Å². The molecule has 36 heavy (non-hydrogen) atoms. The first-order chi connectivity index (χ1) is 17.2. The van der Waals surface area contributed by atoms with Gasteiger partial charge in [0.2, 0.25) is 0 Å². The Labute approximate surface area is 211 Å². The molecule has 2 amide bonds. The van der Waals surface area contributed by atoms with Gasteiger partial charge in [0.05, 0.1) is 11.3 Å². The molecule has 0 radical (unpaired) electrons. The summed E-state index contributed by atoms with van der Waals surface area (Å²) in [6, 6.07) is 13.8. The number of carbonyl (C=O) groups is 3. The number of anilines is 1. The van der Waals surface area contributed by atoms with Crippen LogP contribution in [0.3, 0.4) is 0 Å². The highest BCUT2D eigenvalue weighted by molar-refractivity contribution is 5.98. The van der Waals surface area contributed by atoms with Crippen LogP contribution in [-0.4, -0.2) is 36.2 Å². The molecule has 0 aliphatic heterocycles. The highest BCUT2D eigenvalue weighted by Crippen LogP contribution is 2.15. The maximum atomic E-state index is 13.1. The Bertz CT molecular complexity index is 1330. The van der Waals surface area contributed by atoms with Crippen molar-refractivity contribution in [3.63, 3.8) is 0 Å². The average molecular weight is 481 g/mol. The number of terminal acetylenes is 1. The van der Waals surface area contributed by atoms with E-state index in [0.717, 1.165) is 0 Å². The minimum Gasteiger partial charge on any atom is -0.459 e. The summed E-state index contributed by atoms with van der Waals surface area (Å²) in [4.78, 5) is 37.8. The van der Waals surface area contributed by atoms with Gasteiger partial charge in [0.15, 0.2) is 0 Å². The number of rotatable bonds is 6. The predicted molar refractivity (Wildman–Crippen MR) is 136 cm³/mol. The normalized spacial score (nSPS) is 10.3. The number of nitrogens with one attached hydrogen (secondary N) is 2. The van der Waals surface area contributed by atoms with Gasteiger partial charge in [0, 0.05) is 5.56 Å². The van der Waals surface area contributed by atoms with E-state index in [9.17, 15) is 14.4 Å². The van der Waals surface area contributed by atoms with E-state index in [2.05, 4.69) is 52.1 Å². The standard InChI is InChI=1S/C29H24N2O5/c1-5-6-7-8-9-11-16-22-17-14-15-20-24(22)30-26(32)25(31-28(34)36-29(2,3)4)21-35-27(33)23-18-12-10-13-19-23/h1,10,12-15,17-20,25H,21H2,2-4H3,(H,30,32)(H,31,34)/t25-/m0/s1. The van der Waals surface area contributed by atoms with Crippen LogP contribution in [0.15, 0.2) is 54.6 Å². The van der Waals surface area contributed by atoms with Gasteiger partial charge in [-0.1, -0.05) is 36.3 Å².